The van der Waals surface area contributed by atoms with E-state index >= 15 is 0 Å². The first-order valence-corrected chi connectivity index (χ1v) is 5.30. The van der Waals surface area contributed by atoms with Gasteiger partial charge >= 0.3 is 0 Å². The highest BCUT2D eigenvalue weighted by atomic mass is 16.3. The summed E-state index contributed by atoms with van der Waals surface area (Å²) in [5.74, 6) is 2.03. The highest BCUT2D eigenvalue weighted by molar-refractivity contribution is 5.20. The van der Waals surface area contributed by atoms with Crippen LogP contribution in [0.3, 0.4) is 0 Å². The summed E-state index contributed by atoms with van der Waals surface area (Å²) in [6, 6.07) is 2.09. The third-order valence-electron chi connectivity index (χ3n) is 2.87. The lowest BCUT2D eigenvalue weighted by Crippen LogP contribution is -2.17. The smallest absolute Gasteiger partial charge is 0.118 e. The molecule has 0 aliphatic carbocycles. The van der Waals surface area contributed by atoms with Crippen molar-refractivity contribution in [2.24, 2.45) is 5.73 Å². The number of likely N-dealkylation sites (tertiary alicyclic amines) is 1. The van der Waals surface area contributed by atoms with E-state index in [9.17, 15) is 0 Å². The second-order valence-corrected chi connectivity index (χ2v) is 3.98. The lowest BCUT2D eigenvalue weighted by molar-refractivity contribution is 0.294. The Balaban J connectivity index is 2.01. The summed E-state index contributed by atoms with van der Waals surface area (Å²) in [6.45, 7) is 5.92. The molecular weight excluding hydrogens is 176 g/mol. The van der Waals surface area contributed by atoms with Gasteiger partial charge in [-0.1, -0.05) is 0 Å². The highest BCUT2D eigenvalue weighted by Gasteiger charge is 2.14. The van der Waals surface area contributed by atoms with Gasteiger partial charge in [0, 0.05) is 12.1 Å². The van der Waals surface area contributed by atoms with Crippen molar-refractivity contribution >= 4 is 0 Å². The molecule has 2 rings (SSSR count). The molecule has 0 radical (unpaired) electrons. The van der Waals surface area contributed by atoms with Gasteiger partial charge in [-0.25, -0.2) is 0 Å². The summed E-state index contributed by atoms with van der Waals surface area (Å²) in [5, 5.41) is 0. The van der Waals surface area contributed by atoms with Crippen LogP contribution < -0.4 is 5.73 Å². The Labute approximate surface area is 84.9 Å². The molecule has 0 atom stereocenters. The summed E-state index contributed by atoms with van der Waals surface area (Å²) in [6.07, 6.45) is 2.65. The van der Waals surface area contributed by atoms with Crippen LogP contribution in [0.4, 0.5) is 0 Å². The average Bonchev–Trinajstić information content (AvgIpc) is 2.76. The zero-order valence-corrected chi connectivity index (χ0v) is 8.75. The van der Waals surface area contributed by atoms with Crippen LogP contribution in [-0.2, 0) is 13.1 Å². The molecule has 0 aromatic carbocycles. The second-order valence-electron chi connectivity index (χ2n) is 3.98. The number of nitrogens with zero attached hydrogens (tertiary/aromatic N) is 1. The third-order valence-corrected chi connectivity index (χ3v) is 2.87. The Hall–Kier alpha value is -0.800. The van der Waals surface area contributed by atoms with E-state index in [1.807, 2.05) is 6.92 Å². The topological polar surface area (TPSA) is 42.4 Å². The van der Waals surface area contributed by atoms with Crippen molar-refractivity contribution in [2.45, 2.75) is 32.9 Å². The zero-order chi connectivity index (χ0) is 9.97. The van der Waals surface area contributed by atoms with Crippen molar-refractivity contribution in [1.29, 1.82) is 0 Å². The first kappa shape index (κ1) is 9.74. The van der Waals surface area contributed by atoms with E-state index in [0.717, 1.165) is 23.6 Å². The predicted octanol–water partition coefficient (Wildman–Crippen LogP) is 1.64. The fourth-order valence-corrected chi connectivity index (χ4v) is 2.03. The van der Waals surface area contributed by atoms with E-state index in [-0.39, 0.29) is 0 Å². The van der Waals surface area contributed by atoms with Gasteiger partial charge in [-0.15, -0.1) is 0 Å². The number of hydrogen-bond donors (Lipinski definition) is 1. The van der Waals surface area contributed by atoms with Gasteiger partial charge in [0.1, 0.15) is 11.5 Å². The number of nitrogens with two attached hydrogens (primary N) is 1. The van der Waals surface area contributed by atoms with E-state index in [1.165, 1.54) is 25.9 Å². The van der Waals surface area contributed by atoms with Gasteiger partial charge in [-0.3, -0.25) is 4.90 Å². The van der Waals surface area contributed by atoms with Crippen molar-refractivity contribution in [3.05, 3.63) is 23.2 Å². The van der Waals surface area contributed by atoms with E-state index in [2.05, 4.69) is 11.0 Å². The van der Waals surface area contributed by atoms with Crippen LogP contribution in [-0.4, -0.2) is 18.0 Å². The van der Waals surface area contributed by atoms with Crippen molar-refractivity contribution in [3.63, 3.8) is 0 Å². The maximum atomic E-state index is 5.65. The lowest BCUT2D eigenvalue weighted by Gasteiger charge is -2.11. The Kier molecular flexibility index (Phi) is 2.89. The molecule has 1 fully saturated rings. The van der Waals surface area contributed by atoms with Gasteiger partial charge < -0.3 is 10.2 Å². The predicted molar refractivity (Wildman–Crippen MR) is 55.8 cm³/mol. The van der Waals surface area contributed by atoms with Crippen LogP contribution in [0.2, 0.25) is 0 Å². The number of furan rings is 1. The Bertz CT molecular complexity index is 300. The van der Waals surface area contributed by atoms with Crippen molar-refractivity contribution in [1.82, 2.24) is 4.90 Å². The molecular formula is C11H18N2O. The van der Waals surface area contributed by atoms with E-state index in [0.29, 0.717) is 6.54 Å². The maximum absolute atomic E-state index is 5.65. The van der Waals surface area contributed by atoms with Crippen LogP contribution in [0.5, 0.6) is 0 Å². The van der Waals surface area contributed by atoms with Crippen LogP contribution in [0.15, 0.2) is 10.5 Å². The number of rotatable bonds is 3. The number of aryl methyl sites for hydroxylation is 1. The molecule has 1 saturated heterocycles. The Morgan fingerprint density at radius 2 is 2.14 bits per heavy atom. The van der Waals surface area contributed by atoms with Gasteiger partial charge in [0.15, 0.2) is 0 Å². The minimum absolute atomic E-state index is 0.579. The third kappa shape index (κ3) is 1.99. The molecule has 1 aromatic heterocycles. The van der Waals surface area contributed by atoms with Crippen molar-refractivity contribution in [3.8, 4) is 0 Å². The van der Waals surface area contributed by atoms with E-state index in [4.69, 9.17) is 10.2 Å². The summed E-state index contributed by atoms with van der Waals surface area (Å²) in [4.78, 5) is 2.43. The quantitative estimate of drug-likeness (QED) is 0.795. The van der Waals surface area contributed by atoms with Crippen LogP contribution in [0.1, 0.15) is 29.9 Å². The molecule has 3 nitrogen and oxygen atoms in total. The largest absolute Gasteiger partial charge is 0.465 e. The van der Waals surface area contributed by atoms with Crippen LogP contribution in [0.25, 0.3) is 0 Å². The van der Waals surface area contributed by atoms with Crippen molar-refractivity contribution in [2.75, 3.05) is 13.1 Å². The molecule has 3 heteroatoms. The van der Waals surface area contributed by atoms with Crippen LogP contribution >= 0.6 is 0 Å². The average molecular weight is 194 g/mol. The SMILES string of the molecule is Cc1oc(CN2CCCC2)cc1CN. The molecule has 14 heavy (non-hydrogen) atoms. The molecule has 2 heterocycles. The molecule has 0 amide bonds. The first-order chi connectivity index (χ1) is 6.79. The second kappa shape index (κ2) is 4.15. The fraction of sp³-hybridized carbons (Fsp3) is 0.636. The molecule has 0 bridgehead atoms. The number of hydrogen-bond acceptors (Lipinski definition) is 3. The molecule has 1 aromatic rings. The van der Waals surface area contributed by atoms with Gasteiger partial charge in [0.2, 0.25) is 0 Å². The van der Waals surface area contributed by atoms with Gasteiger partial charge in [-0.05, 0) is 38.9 Å². The molecule has 0 saturated carbocycles. The summed E-state index contributed by atoms with van der Waals surface area (Å²) < 4.78 is 5.65. The molecule has 0 spiro atoms. The summed E-state index contributed by atoms with van der Waals surface area (Å²) >= 11 is 0. The van der Waals surface area contributed by atoms with Gasteiger partial charge in [0.25, 0.3) is 0 Å². The van der Waals surface area contributed by atoms with E-state index < -0.39 is 0 Å². The highest BCUT2D eigenvalue weighted by Crippen LogP contribution is 2.18. The van der Waals surface area contributed by atoms with E-state index in [1.54, 1.807) is 0 Å². The monoisotopic (exact) mass is 194 g/mol. The molecule has 1 aliphatic rings. The van der Waals surface area contributed by atoms with Crippen LogP contribution in [0, 0.1) is 6.92 Å². The zero-order valence-electron chi connectivity index (χ0n) is 8.75. The van der Waals surface area contributed by atoms with Gasteiger partial charge in [0.05, 0.1) is 6.54 Å². The normalized spacial score (nSPS) is 17.9. The standard InChI is InChI=1S/C11H18N2O/c1-9-10(7-12)6-11(14-9)8-13-4-2-3-5-13/h6H,2-5,7-8,12H2,1H3. The molecule has 1 aliphatic heterocycles. The lowest BCUT2D eigenvalue weighted by atomic mass is 10.2. The summed E-state index contributed by atoms with van der Waals surface area (Å²) in [7, 11) is 0. The Morgan fingerprint density at radius 3 is 2.71 bits per heavy atom. The van der Waals surface area contributed by atoms with Crippen molar-refractivity contribution < 1.29 is 4.42 Å². The first-order valence-electron chi connectivity index (χ1n) is 5.30. The molecule has 78 valence electrons. The Morgan fingerprint density at radius 1 is 1.43 bits per heavy atom. The maximum Gasteiger partial charge on any atom is 0.118 e. The summed E-state index contributed by atoms with van der Waals surface area (Å²) in [5.41, 5.74) is 6.74. The van der Waals surface area contributed by atoms with Gasteiger partial charge in [-0.2, -0.15) is 0 Å². The molecule has 0 unspecified atom stereocenters. The minimum atomic E-state index is 0.579. The minimum Gasteiger partial charge on any atom is -0.465 e. The molecule has 2 N–H and O–H groups in total. The fourth-order valence-electron chi connectivity index (χ4n) is 2.03.